The zero-order chi connectivity index (χ0) is 6.85. The number of hydrogen-bond acceptors (Lipinski definition) is 2. The first-order valence-corrected chi connectivity index (χ1v) is 2.48. The molecule has 5 N–H and O–H groups in total. The number of nitrogens with one attached hydrogen (secondary N) is 1. The van der Waals surface area contributed by atoms with Gasteiger partial charge in [-0.25, -0.2) is 0 Å². The Morgan fingerprint density at radius 3 is 2.56 bits per heavy atom. The zero-order valence-corrected chi connectivity index (χ0v) is 4.83. The van der Waals surface area contributed by atoms with Gasteiger partial charge in [-0.15, -0.1) is 0 Å². The second kappa shape index (κ2) is 1.81. The summed E-state index contributed by atoms with van der Waals surface area (Å²) in [6, 6.07) is 1.68. The van der Waals surface area contributed by atoms with Crippen molar-refractivity contribution in [3.63, 3.8) is 0 Å². The molecule has 48 valence electrons. The average Bonchev–Trinajstić information content (AvgIpc) is 2.14. The standard InChI is InChI=1S/C5H8N4/c6-4-1-2-9(3-4)5(7)8/h1-3H,6H2,(H3,7,8). The molecule has 0 fully saturated rings. The maximum atomic E-state index is 6.93. The highest BCUT2D eigenvalue weighted by Crippen LogP contribution is 1.99. The molecule has 9 heavy (non-hydrogen) atoms. The molecule has 0 atom stereocenters. The van der Waals surface area contributed by atoms with E-state index in [0.717, 1.165) is 0 Å². The second-order valence-corrected chi connectivity index (χ2v) is 1.74. The van der Waals surface area contributed by atoms with Gasteiger partial charge < -0.3 is 11.5 Å². The molecule has 1 aromatic rings. The zero-order valence-electron chi connectivity index (χ0n) is 4.83. The number of nitrogens with two attached hydrogens (primary N) is 2. The van der Waals surface area contributed by atoms with Crippen molar-refractivity contribution in [3.8, 4) is 0 Å². The van der Waals surface area contributed by atoms with Crippen LogP contribution in [0, 0.1) is 5.41 Å². The van der Waals surface area contributed by atoms with Gasteiger partial charge in [0, 0.05) is 18.1 Å². The van der Waals surface area contributed by atoms with E-state index < -0.39 is 0 Å². The minimum atomic E-state index is -0.0216. The first kappa shape index (κ1) is 5.68. The lowest BCUT2D eigenvalue weighted by Gasteiger charge is -1.93. The SMILES string of the molecule is N=C(N)n1ccc(N)c1. The van der Waals surface area contributed by atoms with Crippen LogP contribution < -0.4 is 11.5 Å². The molecule has 0 radical (unpaired) electrons. The Labute approximate surface area is 52.6 Å². The second-order valence-electron chi connectivity index (χ2n) is 1.74. The van der Waals surface area contributed by atoms with Gasteiger partial charge in [0.25, 0.3) is 0 Å². The maximum absolute atomic E-state index is 6.93. The van der Waals surface area contributed by atoms with Crippen molar-refractivity contribution in [2.75, 3.05) is 5.73 Å². The summed E-state index contributed by atoms with van der Waals surface area (Å²) in [6.07, 6.45) is 3.22. The van der Waals surface area contributed by atoms with E-state index in [1.54, 1.807) is 18.5 Å². The van der Waals surface area contributed by atoms with E-state index in [9.17, 15) is 0 Å². The predicted octanol–water partition coefficient (Wildman–Crippen LogP) is -0.188. The Hall–Kier alpha value is -1.45. The van der Waals surface area contributed by atoms with Crippen LogP contribution >= 0.6 is 0 Å². The molecule has 0 unspecified atom stereocenters. The Morgan fingerprint density at radius 2 is 2.33 bits per heavy atom. The van der Waals surface area contributed by atoms with Gasteiger partial charge in [0.05, 0.1) is 0 Å². The largest absolute Gasteiger partial charge is 0.397 e. The summed E-state index contributed by atoms with van der Waals surface area (Å²) in [5.74, 6) is -0.0216. The summed E-state index contributed by atoms with van der Waals surface area (Å²) in [5, 5.41) is 6.93. The van der Waals surface area contributed by atoms with Gasteiger partial charge >= 0.3 is 0 Å². The Morgan fingerprint density at radius 1 is 1.67 bits per heavy atom. The number of nitrogens with zero attached hydrogens (tertiary/aromatic N) is 1. The molecule has 0 aliphatic rings. The van der Waals surface area contributed by atoms with Gasteiger partial charge in [-0.3, -0.25) is 9.98 Å². The van der Waals surface area contributed by atoms with E-state index in [2.05, 4.69) is 0 Å². The summed E-state index contributed by atoms with van der Waals surface area (Å²) in [5.41, 5.74) is 11.1. The third-order valence-corrected chi connectivity index (χ3v) is 0.994. The number of nitrogen functional groups attached to an aromatic ring is 2. The highest BCUT2D eigenvalue weighted by Gasteiger charge is 1.91. The minimum Gasteiger partial charge on any atom is -0.397 e. The average molecular weight is 124 g/mol. The summed E-state index contributed by atoms with van der Waals surface area (Å²) in [4.78, 5) is 0. The lowest BCUT2D eigenvalue weighted by molar-refractivity contribution is 1.11. The number of rotatable bonds is 0. The molecule has 4 heteroatoms. The lowest BCUT2D eigenvalue weighted by Crippen LogP contribution is -2.18. The first-order valence-electron chi connectivity index (χ1n) is 2.48. The van der Waals surface area contributed by atoms with Crippen LogP contribution in [0.4, 0.5) is 5.69 Å². The van der Waals surface area contributed by atoms with E-state index in [0.29, 0.717) is 5.69 Å². The van der Waals surface area contributed by atoms with Crippen LogP contribution in [0.15, 0.2) is 18.5 Å². The molecular weight excluding hydrogens is 116 g/mol. The van der Waals surface area contributed by atoms with Crippen LogP contribution in [-0.2, 0) is 0 Å². The summed E-state index contributed by atoms with van der Waals surface area (Å²) in [6.45, 7) is 0. The van der Waals surface area contributed by atoms with E-state index in [1.807, 2.05) is 0 Å². The smallest absolute Gasteiger partial charge is 0.196 e. The fourth-order valence-electron chi connectivity index (χ4n) is 0.563. The van der Waals surface area contributed by atoms with Crippen molar-refractivity contribution in [3.05, 3.63) is 18.5 Å². The fourth-order valence-corrected chi connectivity index (χ4v) is 0.563. The van der Waals surface area contributed by atoms with E-state index >= 15 is 0 Å². The molecule has 0 aliphatic carbocycles. The van der Waals surface area contributed by atoms with E-state index in [4.69, 9.17) is 16.9 Å². The molecule has 1 aromatic heterocycles. The van der Waals surface area contributed by atoms with Crippen molar-refractivity contribution in [1.82, 2.24) is 4.57 Å². The Kier molecular flexibility index (Phi) is 1.14. The monoisotopic (exact) mass is 124 g/mol. The van der Waals surface area contributed by atoms with Gasteiger partial charge in [-0.05, 0) is 6.07 Å². The molecule has 4 nitrogen and oxygen atoms in total. The van der Waals surface area contributed by atoms with Gasteiger partial charge in [0.1, 0.15) is 0 Å². The fraction of sp³-hybridized carbons (Fsp3) is 0. The quantitative estimate of drug-likeness (QED) is 0.331. The molecule has 0 amide bonds. The normalized spacial score (nSPS) is 9.33. The van der Waals surface area contributed by atoms with Crippen LogP contribution in [0.5, 0.6) is 0 Å². The molecule has 0 saturated carbocycles. The van der Waals surface area contributed by atoms with Crippen LogP contribution in [0.2, 0.25) is 0 Å². The van der Waals surface area contributed by atoms with E-state index in [-0.39, 0.29) is 5.96 Å². The van der Waals surface area contributed by atoms with Gasteiger partial charge in [-0.2, -0.15) is 0 Å². The van der Waals surface area contributed by atoms with Crippen molar-refractivity contribution < 1.29 is 0 Å². The molecular formula is C5H8N4. The molecule has 0 aliphatic heterocycles. The van der Waals surface area contributed by atoms with Gasteiger partial charge in [0.2, 0.25) is 0 Å². The van der Waals surface area contributed by atoms with Gasteiger partial charge in [0.15, 0.2) is 5.96 Å². The maximum Gasteiger partial charge on any atom is 0.196 e. The first-order chi connectivity index (χ1) is 4.20. The summed E-state index contributed by atoms with van der Waals surface area (Å²) >= 11 is 0. The molecule has 0 aromatic carbocycles. The molecule has 0 bridgehead atoms. The van der Waals surface area contributed by atoms with Gasteiger partial charge in [-0.1, -0.05) is 0 Å². The summed E-state index contributed by atoms with van der Waals surface area (Å²) < 4.78 is 1.44. The third kappa shape index (κ3) is 1.02. The number of aromatic nitrogens is 1. The topological polar surface area (TPSA) is 80.8 Å². The predicted molar refractivity (Wildman–Crippen MR) is 36.2 cm³/mol. The van der Waals surface area contributed by atoms with Crippen LogP contribution in [0.25, 0.3) is 0 Å². The number of hydrogen-bond donors (Lipinski definition) is 3. The van der Waals surface area contributed by atoms with Crippen LogP contribution in [0.1, 0.15) is 0 Å². The Balaban J connectivity index is 2.98. The third-order valence-electron chi connectivity index (χ3n) is 0.994. The van der Waals surface area contributed by atoms with Crippen molar-refractivity contribution in [1.29, 1.82) is 5.41 Å². The van der Waals surface area contributed by atoms with E-state index in [1.165, 1.54) is 4.57 Å². The molecule has 0 spiro atoms. The molecule has 0 saturated heterocycles. The highest BCUT2D eigenvalue weighted by molar-refractivity contribution is 5.78. The van der Waals surface area contributed by atoms with Crippen LogP contribution in [0.3, 0.4) is 0 Å². The number of anilines is 1. The van der Waals surface area contributed by atoms with Crippen LogP contribution in [-0.4, -0.2) is 10.5 Å². The Bertz CT molecular complexity index is 225. The highest BCUT2D eigenvalue weighted by atomic mass is 15.1. The molecule has 1 heterocycles. The van der Waals surface area contributed by atoms with Crippen molar-refractivity contribution in [2.24, 2.45) is 5.73 Å². The van der Waals surface area contributed by atoms with Crippen molar-refractivity contribution >= 4 is 11.6 Å². The molecule has 1 rings (SSSR count). The summed E-state index contributed by atoms with van der Waals surface area (Å²) in [7, 11) is 0. The lowest BCUT2D eigenvalue weighted by atomic mass is 10.6. The van der Waals surface area contributed by atoms with Crippen molar-refractivity contribution in [2.45, 2.75) is 0 Å². The minimum absolute atomic E-state index is 0.0216.